The molecule has 1 amide bonds. The molecule has 0 spiro atoms. The second kappa shape index (κ2) is 10.4. The Hall–Kier alpha value is -2.44. The van der Waals surface area contributed by atoms with Gasteiger partial charge in [0.25, 0.3) is 0 Å². The van der Waals surface area contributed by atoms with Crippen LogP contribution in [0.2, 0.25) is 0 Å². The van der Waals surface area contributed by atoms with E-state index < -0.39 is 0 Å². The van der Waals surface area contributed by atoms with Crippen LogP contribution in [0, 0.1) is 0 Å². The van der Waals surface area contributed by atoms with E-state index >= 15 is 0 Å². The van der Waals surface area contributed by atoms with Gasteiger partial charge in [-0.3, -0.25) is 4.99 Å². The van der Waals surface area contributed by atoms with Gasteiger partial charge in [-0.1, -0.05) is 18.2 Å². The van der Waals surface area contributed by atoms with E-state index in [0.29, 0.717) is 18.7 Å². The van der Waals surface area contributed by atoms with Gasteiger partial charge in [0.2, 0.25) is 0 Å². The van der Waals surface area contributed by atoms with Crippen molar-refractivity contribution in [1.82, 2.24) is 15.5 Å². The monoisotopic (exact) mass is 401 g/mol. The van der Waals surface area contributed by atoms with Crippen LogP contribution in [0.25, 0.3) is 0 Å². The number of ether oxygens (including phenoxy) is 1. The molecule has 1 atom stereocenters. The fourth-order valence-electron chi connectivity index (χ4n) is 4.17. The molecule has 1 fully saturated rings. The van der Waals surface area contributed by atoms with Crippen molar-refractivity contribution in [2.24, 2.45) is 4.99 Å². The van der Waals surface area contributed by atoms with Crippen molar-refractivity contribution in [1.29, 1.82) is 0 Å². The van der Waals surface area contributed by atoms with E-state index in [-0.39, 0.29) is 6.09 Å². The van der Waals surface area contributed by atoms with Crippen LogP contribution < -0.4 is 15.5 Å². The number of amides is 1. The van der Waals surface area contributed by atoms with Crippen molar-refractivity contribution >= 4 is 17.7 Å². The van der Waals surface area contributed by atoms with Crippen LogP contribution in [0.1, 0.15) is 39.2 Å². The average molecular weight is 402 g/mol. The molecule has 2 aliphatic rings. The van der Waals surface area contributed by atoms with Gasteiger partial charge >= 0.3 is 6.09 Å². The average Bonchev–Trinajstić information content (AvgIpc) is 3.04. The first-order valence-corrected chi connectivity index (χ1v) is 10.9. The largest absolute Gasteiger partial charge is 0.450 e. The highest BCUT2D eigenvalue weighted by molar-refractivity contribution is 5.80. The van der Waals surface area contributed by atoms with Gasteiger partial charge in [0.05, 0.1) is 13.2 Å². The van der Waals surface area contributed by atoms with Crippen LogP contribution >= 0.6 is 0 Å². The van der Waals surface area contributed by atoms with Crippen LogP contribution in [0.3, 0.4) is 0 Å². The predicted molar refractivity (Wildman–Crippen MR) is 118 cm³/mol. The third-order valence-corrected chi connectivity index (χ3v) is 5.67. The van der Waals surface area contributed by atoms with Crippen molar-refractivity contribution in [2.75, 3.05) is 44.2 Å². The summed E-state index contributed by atoms with van der Waals surface area (Å²) in [6, 6.07) is 9.51. The number of para-hydroxylation sites is 1. The number of nitrogens with zero attached hydrogens (tertiary/aromatic N) is 3. The Kier molecular flexibility index (Phi) is 7.61. The van der Waals surface area contributed by atoms with E-state index in [9.17, 15) is 4.79 Å². The summed E-state index contributed by atoms with van der Waals surface area (Å²) in [5.41, 5.74) is 2.78. The third-order valence-electron chi connectivity index (χ3n) is 5.67. The number of hydrogen-bond donors (Lipinski definition) is 2. The molecular formula is C22H35N5O2. The Morgan fingerprint density at radius 3 is 2.72 bits per heavy atom. The minimum absolute atomic E-state index is 0.202. The Bertz CT molecular complexity index is 700. The standard InChI is InChI=1S/C22H35N5O2/c1-4-23-21(25-19-10-13-26(14-11-19)22(28)29-5-2)24-12-15-27-17(3)16-18-8-6-7-9-20(18)27/h6-9,17,19H,4-5,10-16H2,1-3H3,(H2,23,24,25). The normalized spacial score (nSPS) is 19.8. The Balaban J connectivity index is 1.50. The fourth-order valence-corrected chi connectivity index (χ4v) is 4.17. The van der Waals surface area contributed by atoms with Crippen LogP contribution in [-0.2, 0) is 11.2 Å². The maximum atomic E-state index is 11.9. The van der Waals surface area contributed by atoms with Gasteiger partial charge in [-0.15, -0.1) is 0 Å². The van der Waals surface area contributed by atoms with Crippen molar-refractivity contribution in [2.45, 2.75) is 52.1 Å². The van der Waals surface area contributed by atoms with Gasteiger partial charge in [0.1, 0.15) is 0 Å². The van der Waals surface area contributed by atoms with Crippen LogP contribution in [0.4, 0.5) is 10.5 Å². The molecule has 7 nitrogen and oxygen atoms in total. The lowest BCUT2D eigenvalue weighted by Crippen LogP contribution is -2.50. The highest BCUT2D eigenvalue weighted by Crippen LogP contribution is 2.31. The zero-order valence-electron chi connectivity index (χ0n) is 18.0. The smallest absolute Gasteiger partial charge is 0.409 e. The minimum Gasteiger partial charge on any atom is -0.450 e. The summed E-state index contributed by atoms with van der Waals surface area (Å²) < 4.78 is 5.10. The molecule has 1 aromatic rings. The molecule has 29 heavy (non-hydrogen) atoms. The summed E-state index contributed by atoms with van der Waals surface area (Å²) in [6.07, 6.45) is 2.71. The van der Waals surface area contributed by atoms with Gasteiger partial charge in [0, 0.05) is 44.0 Å². The van der Waals surface area contributed by atoms with Gasteiger partial charge in [-0.2, -0.15) is 0 Å². The Morgan fingerprint density at radius 1 is 1.24 bits per heavy atom. The molecule has 160 valence electrons. The number of nitrogens with one attached hydrogen (secondary N) is 2. The molecule has 1 saturated heterocycles. The summed E-state index contributed by atoms with van der Waals surface area (Å²) >= 11 is 0. The SMILES string of the molecule is CCNC(=NCCN1c2ccccc2CC1C)NC1CCN(C(=O)OCC)CC1. The van der Waals surface area contributed by atoms with E-state index in [4.69, 9.17) is 9.73 Å². The first kappa shape index (κ1) is 21.3. The molecular weight excluding hydrogens is 366 g/mol. The highest BCUT2D eigenvalue weighted by atomic mass is 16.6. The molecule has 0 saturated carbocycles. The summed E-state index contributed by atoms with van der Waals surface area (Å²) in [7, 11) is 0. The summed E-state index contributed by atoms with van der Waals surface area (Å²) in [5.74, 6) is 0.863. The van der Waals surface area contributed by atoms with E-state index in [0.717, 1.165) is 57.9 Å². The fraction of sp³-hybridized carbons (Fsp3) is 0.636. The number of benzene rings is 1. The van der Waals surface area contributed by atoms with Crippen LogP contribution in [-0.4, -0.2) is 68.4 Å². The zero-order chi connectivity index (χ0) is 20.6. The minimum atomic E-state index is -0.202. The maximum absolute atomic E-state index is 11.9. The third kappa shape index (κ3) is 5.55. The number of guanidine groups is 1. The van der Waals surface area contributed by atoms with Gasteiger partial charge < -0.3 is 25.2 Å². The van der Waals surface area contributed by atoms with Crippen molar-refractivity contribution < 1.29 is 9.53 Å². The number of aliphatic imine (C=N–C) groups is 1. The Morgan fingerprint density at radius 2 is 2.00 bits per heavy atom. The molecule has 0 radical (unpaired) electrons. The molecule has 1 unspecified atom stereocenters. The van der Waals surface area contributed by atoms with E-state index in [2.05, 4.69) is 53.6 Å². The summed E-state index contributed by atoms with van der Waals surface area (Å²) in [4.78, 5) is 20.9. The van der Waals surface area contributed by atoms with Crippen molar-refractivity contribution in [3.8, 4) is 0 Å². The zero-order valence-corrected chi connectivity index (χ0v) is 18.0. The van der Waals surface area contributed by atoms with Gasteiger partial charge in [0.15, 0.2) is 5.96 Å². The number of hydrogen-bond acceptors (Lipinski definition) is 4. The molecule has 0 bridgehead atoms. The van der Waals surface area contributed by atoms with Crippen molar-refractivity contribution in [3.05, 3.63) is 29.8 Å². The molecule has 2 aliphatic heterocycles. The molecule has 0 aliphatic carbocycles. The Labute approximate surface area is 174 Å². The second-order valence-corrected chi connectivity index (χ2v) is 7.74. The number of anilines is 1. The number of carbonyl (C=O) groups excluding carboxylic acids is 1. The maximum Gasteiger partial charge on any atom is 0.409 e. The van der Waals surface area contributed by atoms with E-state index in [1.54, 1.807) is 4.90 Å². The van der Waals surface area contributed by atoms with E-state index in [1.807, 2.05) is 6.92 Å². The topological polar surface area (TPSA) is 69.2 Å². The van der Waals surface area contributed by atoms with E-state index in [1.165, 1.54) is 11.3 Å². The lowest BCUT2D eigenvalue weighted by Gasteiger charge is -2.32. The van der Waals surface area contributed by atoms with Crippen molar-refractivity contribution in [3.63, 3.8) is 0 Å². The highest BCUT2D eigenvalue weighted by Gasteiger charge is 2.26. The van der Waals surface area contributed by atoms with Crippen LogP contribution in [0.5, 0.6) is 0 Å². The predicted octanol–water partition coefficient (Wildman–Crippen LogP) is 2.61. The summed E-state index contributed by atoms with van der Waals surface area (Å²) in [6.45, 7) is 10.6. The quantitative estimate of drug-likeness (QED) is 0.566. The molecule has 2 heterocycles. The first-order chi connectivity index (χ1) is 14.1. The number of likely N-dealkylation sites (tertiary alicyclic amines) is 1. The molecule has 2 N–H and O–H groups in total. The number of rotatable bonds is 6. The number of piperidine rings is 1. The lowest BCUT2D eigenvalue weighted by atomic mass is 10.1. The first-order valence-electron chi connectivity index (χ1n) is 10.9. The van der Waals surface area contributed by atoms with Crippen LogP contribution in [0.15, 0.2) is 29.3 Å². The number of carbonyl (C=O) groups is 1. The van der Waals surface area contributed by atoms with Gasteiger partial charge in [-0.25, -0.2) is 4.79 Å². The summed E-state index contributed by atoms with van der Waals surface area (Å²) in [5, 5.41) is 6.90. The molecule has 0 aromatic heterocycles. The number of fused-ring (bicyclic) bond motifs is 1. The second-order valence-electron chi connectivity index (χ2n) is 7.74. The molecule has 3 rings (SSSR count). The lowest BCUT2D eigenvalue weighted by molar-refractivity contribution is 0.0963. The molecule has 7 heteroatoms. The molecule has 1 aromatic carbocycles. The van der Waals surface area contributed by atoms with Gasteiger partial charge in [-0.05, 0) is 51.7 Å².